The van der Waals surface area contributed by atoms with Crippen molar-refractivity contribution in [1.29, 1.82) is 0 Å². The minimum atomic E-state index is -0.134. The Morgan fingerprint density at radius 1 is 1.08 bits per heavy atom. The lowest BCUT2D eigenvalue weighted by atomic mass is 9.86. The van der Waals surface area contributed by atoms with Crippen molar-refractivity contribution in [2.24, 2.45) is 0 Å². The van der Waals surface area contributed by atoms with E-state index >= 15 is 0 Å². The molecule has 0 bridgehead atoms. The van der Waals surface area contributed by atoms with Gasteiger partial charge in [-0.15, -0.1) is 0 Å². The van der Waals surface area contributed by atoms with Gasteiger partial charge in [0.05, 0.1) is 0 Å². The van der Waals surface area contributed by atoms with Gasteiger partial charge in [-0.2, -0.15) is 0 Å². The third-order valence-corrected chi connectivity index (χ3v) is 4.52. The fourth-order valence-corrected chi connectivity index (χ4v) is 3.06. The monoisotopic (exact) mass is 336 g/mol. The van der Waals surface area contributed by atoms with Crippen LogP contribution in [-0.4, -0.2) is 16.9 Å². The van der Waals surface area contributed by atoms with Crippen LogP contribution in [0.1, 0.15) is 50.4 Å². The van der Waals surface area contributed by atoms with E-state index in [1.165, 1.54) is 11.6 Å². The molecule has 2 N–H and O–H groups in total. The second kappa shape index (κ2) is 6.71. The van der Waals surface area contributed by atoms with Crippen LogP contribution >= 0.6 is 0 Å². The first-order chi connectivity index (χ1) is 11.8. The summed E-state index contributed by atoms with van der Waals surface area (Å²) < 4.78 is 0. The lowest BCUT2D eigenvalue weighted by molar-refractivity contribution is -0.119. The molecule has 1 fully saturated rings. The number of carbonyl (C=O) groups is 1. The lowest BCUT2D eigenvalue weighted by Gasteiger charge is -2.20. The Hall–Kier alpha value is -2.62. The van der Waals surface area contributed by atoms with Gasteiger partial charge in [0.1, 0.15) is 0 Å². The Bertz CT molecular complexity index is 854. The summed E-state index contributed by atoms with van der Waals surface area (Å²) in [6.45, 7) is 6.55. The van der Waals surface area contributed by atoms with Gasteiger partial charge in [0.15, 0.2) is 0 Å². The molecule has 0 aliphatic carbocycles. The number of aromatic amines is 1. The second-order valence-corrected chi connectivity index (χ2v) is 7.55. The van der Waals surface area contributed by atoms with Gasteiger partial charge >= 0.3 is 0 Å². The van der Waals surface area contributed by atoms with Crippen molar-refractivity contribution in [2.45, 2.75) is 45.1 Å². The second-order valence-electron chi connectivity index (χ2n) is 7.55. The Morgan fingerprint density at radius 3 is 2.36 bits per heavy atom. The van der Waals surface area contributed by atoms with Crippen LogP contribution in [-0.2, 0) is 10.2 Å². The maximum Gasteiger partial charge on any atom is 0.248 e. The fourth-order valence-electron chi connectivity index (χ4n) is 3.06. The SMILES string of the molecule is CC(C)(C)c1ccc(/C(=C\[C@H]2CCC(=O)N2)c2cccc(=O)[nH]2)cc1. The Morgan fingerprint density at radius 2 is 1.80 bits per heavy atom. The predicted octanol–water partition coefficient (Wildman–Crippen LogP) is 3.38. The number of H-pyrrole nitrogens is 1. The molecule has 1 amide bonds. The van der Waals surface area contributed by atoms with Gasteiger partial charge in [-0.05, 0) is 29.0 Å². The summed E-state index contributed by atoms with van der Waals surface area (Å²) in [7, 11) is 0. The number of pyridine rings is 1. The van der Waals surface area contributed by atoms with E-state index in [0.29, 0.717) is 6.42 Å². The van der Waals surface area contributed by atoms with E-state index in [9.17, 15) is 9.59 Å². The molecule has 2 aromatic rings. The Labute approximate surface area is 148 Å². The van der Waals surface area contributed by atoms with Crippen LogP contribution in [0.15, 0.2) is 53.3 Å². The van der Waals surface area contributed by atoms with Crippen LogP contribution < -0.4 is 10.9 Å². The van der Waals surface area contributed by atoms with Crippen LogP contribution in [0.4, 0.5) is 0 Å². The van der Waals surface area contributed by atoms with E-state index in [1.807, 2.05) is 12.1 Å². The minimum Gasteiger partial charge on any atom is -0.350 e. The van der Waals surface area contributed by atoms with Crippen molar-refractivity contribution in [3.05, 3.63) is 75.7 Å². The molecule has 4 nitrogen and oxygen atoms in total. The quantitative estimate of drug-likeness (QED) is 0.902. The van der Waals surface area contributed by atoms with Gasteiger partial charge in [0.25, 0.3) is 0 Å². The van der Waals surface area contributed by atoms with E-state index in [-0.39, 0.29) is 22.9 Å². The van der Waals surface area contributed by atoms with Gasteiger partial charge in [0.2, 0.25) is 11.5 Å². The van der Waals surface area contributed by atoms with E-state index in [1.54, 1.807) is 6.07 Å². The summed E-state index contributed by atoms with van der Waals surface area (Å²) in [5, 5.41) is 2.97. The van der Waals surface area contributed by atoms with Crippen molar-refractivity contribution in [3.8, 4) is 0 Å². The molecule has 1 atom stereocenters. The topological polar surface area (TPSA) is 62.0 Å². The molecule has 1 aromatic heterocycles. The van der Waals surface area contributed by atoms with E-state index in [0.717, 1.165) is 23.3 Å². The molecule has 0 saturated carbocycles. The highest BCUT2D eigenvalue weighted by molar-refractivity contribution is 5.82. The molecule has 1 saturated heterocycles. The summed E-state index contributed by atoms with van der Waals surface area (Å²) >= 11 is 0. The van der Waals surface area contributed by atoms with Crippen molar-refractivity contribution in [3.63, 3.8) is 0 Å². The maximum absolute atomic E-state index is 11.7. The summed E-state index contributed by atoms with van der Waals surface area (Å²) in [5.41, 5.74) is 3.93. The van der Waals surface area contributed by atoms with Crippen LogP contribution in [0.3, 0.4) is 0 Å². The standard InChI is InChI=1S/C21H24N2O2/c1-21(2,3)15-9-7-14(8-10-15)17(13-16-11-12-20(25)22-16)18-5-4-6-19(24)23-18/h4-10,13,16H,11-12H2,1-3H3,(H,22,25)(H,23,24)/b17-13+/t16-/m1/s1. The van der Waals surface area contributed by atoms with E-state index < -0.39 is 0 Å². The molecule has 0 unspecified atom stereocenters. The van der Waals surface area contributed by atoms with Crippen molar-refractivity contribution in [1.82, 2.24) is 10.3 Å². The summed E-state index contributed by atoms with van der Waals surface area (Å²) in [5.74, 6) is 0.0743. The maximum atomic E-state index is 11.7. The summed E-state index contributed by atoms with van der Waals surface area (Å²) in [4.78, 5) is 26.2. The minimum absolute atomic E-state index is 0.00602. The smallest absolute Gasteiger partial charge is 0.248 e. The largest absolute Gasteiger partial charge is 0.350 e. The summed E-state index contributed by atoms with van der Waals surface area (Å²) in [6.07, 6.45) is 3.37. The number of hydrogen-bond donors (Lipinski definition) is 2. The zero-order valence-electron chi connectivity index (χ0n) is 14.9. The number of benzene rings is 1. The van der Waals surface area contributed by atoms with Gasteiger partial charge in [0, 0.05) is 29.8 Å². The Balaban J connectivity index is 2.03. The molecule has 1 aliphatic heterocycles. The van der Waals surface area contributed by atoms with Gasteiger partial charge in [-0.3, -0.25) is 9.59 Å². The highest BCUT2D eigenvalue weighted by Crippen LogP contribution is 2.27. The van der Waals surface area contributed by atoms with Crippen molar-refractivity contribution < 1.29 is 4.79 Å². The van der Waals surface area contributed by atoms with Crippen LogP contribution in [0.2, 0.25) is 0 Å². The molecular formula is C21H24N2O2. The van der Waals surface area contributed by atoms with Gasteiger partial charge in [-0.25, -0.2) is 0 Å². The van der Waals surface area contributed by atoms with Crippen molar-refractivity contribution >= 4 is 11.5 Å². The molecular weight excluding hydrogens is 312 g/mol. The van der Waals surface area contributed by atoms with Gasteiger partial charge < -0.3 is 10.3 Å². The zero-order valence-corrected chi connectivity index (χ0v) is 14.9. The molecule has 4 heteroatoms. The highest BCUT2D eigenvalue weighted by Gasteiger charge is 2.20. The lowest BCUT2D eigenvalue weighted by Crippen LogP contribution is -2.23. The van der Waals surface area contributed by atoms with Crippen LogP contribution in [0.5, 0.6) is 0 Å². The van der Waals surface area contributed by atoms with Crippen LogP contribution in [0, 0.1) is 0 Å². The fraction of sp³-hybridized carbons (Fsp3) is 0.333. The number of rotatable bonds is 3. The molecule has 1 aliphatic rings. The van der Waals surface area contributed by atoms with Gasteiger partial charge in [-0.1, -0.05) is 57.2 Å². The highest BCUT2D eigenvalue weighted by atomic mass is 16.2. The molecule has 1 aromatic carbocycles. The number of carbonyl (C=O) groups excluding carboxylic acids is 1. The molecule has 3 rings (SSSR count). The molecule has 2 heterocycles. The number of hydrogen-bond acceptors (Lipinski definition) is 2. The first-order valence-electron chi connectivity index (χ1n) is 8.65. The Kier molecular flexibility index (Phi) is 4.62. The molecule has 25 heavy (non-hydrogen) atoms. The normalized spacial score (nSPS) is 18.3. The van der Waals surface area contributed by atoms with E-state index in [4.69, 9.17) is 0 Å². The number of aromatic nitrogens is 1. The average Bonchev–Trinajstić information content (AvgIpc) is 2.97. The number of nitrogens with one attached hydrogen (secondary N) is 2. The third kappa shape index (κ3) is 4.08. The number of amides is 1. The summed E-state index contributed by atoms with van der Waals surface area (Å²) in [6, 6.07) is 13.5. The first-order valence-corrected chi connectivity index (χ1v) is 8.65. The molecule has 0 spiro atoms. The van der Waals surface area contributed by atoms with Crippen molar-refractivity contribution in [2.75, 3.05) is 0 Å². The van der Waals surface area contributed by atoms with Crippen LogP contribution in [0.25, 0.3) is 5.57 Å². The zero-order chi connectivity index (χ0) is 18.0. The van der Waals surface area contributed by atoms with E-state index in [2.05, 4.69) is 55.3 Å². The average molecular weight is 336 g/mol. The predicted molar refractivity (Wildman–Crippen MR) is 100 cm³/mol. The third-order valence-electron chi connectivity index (χ3n) is 4.52. The first kappa shape index (κ1) is 17.2. The molecule has 0 radical (unpaired) electrons. The molecule has 130 valence electrons.